The third-order valence-corrected chi connectivity index (χ3v) is 4.85. The van der Waals surface area contributed by atoms with Gasteiger partial charge in [0.25, 0.3) is 0 Å². The zero-order valence-corrected chi connectivity index (χ0v) is 10.3. The Balaban J connectivity index is 1.91. The Hall–Kier alpha value is -0.170. The summed E-state index contributed by atoms with van der Waals surface area (Å²) in [6.07, 6.45) is 2.20. The number of thioether (sulfide) groups is 1. The average molecular weight is 245 g/mol. The normalized spacial score (nSPS) is 20.2. The standard InChI is InChI=1S/C9H15N3OS2/c1-6-11-12-8(15-6)14-5-9(13,4-10)7-2-3-7/h7,13H,2-5,10H2,1H3. The third-order valence-electron chi connectivity index (χ3n) is 2.64. The third kappa shape index (κ3) is 2.69. The van der Waals surface area contributed by atoms with Crippen LogP contribution in [-0.4, -0.2) is 33.2 Å². The molecule has 15 heavy (non-hydrogen) atoms. The number of hydrogen-bond donors (Lipinski definition) is 2. The summed E-state index contributed by atoms with van der Waals surface area (Å²) in [6, 6.07) is 0. The minimum absolute atomic E-state index is 0.336. The van der Waals surface area contributed by atoms with E-state index in [0.717, 1.165) is 22.2 Å². The first kappa shape index (κ1) is 11.3. The zero-order chi connectivity index (χ0) is 10.9. The second-order valence-corrected chi connectivity index (χ2v) is 6.36. The molecule has 0 bridgehead atoms. The van der Waals surface area contributed by atoms with Crippen LogP contribution in [0.4, 0.5) is 0 Å². The monoisotopic (exact) mass is 245 g/mol. The Labute approximate surface area is 97.3 Å². The molecule has 4 nitrogen and oxygen atoms in total. The van der Waals surface area contributed by atoms with E-state index in [1.54, 1.807) is 23.1 Å². The molecule has 0 aromatic carbocycles. The molecule has 6 heteroatoms. The maximum Gasteiger partial charge on any atom is 0.174 e. The van der Waals surface area contributed by atoms with Crippen LogP contribution < -0.4 is 5.73 Å². The first-order valence-electron chi connectivity index (χ1n) is 4.99. The fourth-order valence-electron chi connectivity index (χ4n) is 1.49. The molecule has 0 radical (unpaired) electrons. The van der Waals surface area contributed by atoms with Crippen LogP contribution in [0.25, 0.3) is 0 Å². The van der Waals surface area contributed by atoms with Crippen molar-refractivity contribution in [1.29, 1.82) is 0 Å². The minimum Gasteiger partial charge on any atom is -0.387 e. The van der Waals surface area contributed by atoms with Gasteiger partial charge in [-0.25, -0.2) is 0 Å². The Morgan fingerprint density at radius 3 is 2.80 bits per heavy atom. The number of aliphatic hydroxyl groups is 1. The first-order chi connectivity index (χ1) is 7.14. The van der Waals surface area contributed by atoms with E-state index in [1.807, 2.05) is 6.92 Å². The van der Waals surface area contributed by atoms with Crippen LogP contribution in [-0.2, 0) is 0 Å². The topological polar surface area (TPSA) is 72.0 Å². The Morgan fingerprint density at radius 1 is 1.60 bits per heavy atom. The summed E-state index contributed by atoms with van der Waals surface area (Å²) in [5.74, 6) is 1.02. The second kappa shape index (κ2) is 4.37. The number of nitrogens with zero attached hydrogens (tertiary/aromatic N) is 2. The number of rotatable bonds is 5. The van der Waals surface area contributed by atoms with Crippen molar-refractivity contribution < 1.29 is 5.11 Å². The predicted octanol–water partition coefficient (Wildman–Crippen LogP) is 1.04. The van der Waals surface area contributed by atoms with Gasteiger partial charge in [-0.05, 0) is 25.7 Å². The van der Waals surface area contributed by atoms with Crippen molar-refractivity contribution in [3.8, 4) is 0 Å². The summed E-state index contributed by atoms with van der Waals surface area (Å²) in [7, 11) is 0. The molecule has 2 rings (SSSR count). The van der Waals surface area contributed by atoms with Gasteiger partial charge in [-0.2, -0.15) is 0 Å². The van der Waals surface area contributed by atoms with Crippen molar-refractivity contribution in [2.24, 2.45) is 11.7 Å². The summed E-state index contributed by atoms with van der Waals surface area (Å²) in [5, 5.41) is 19.1. The molecule has 1 unspecified atom stereocenters. The van der Waals surface area contributed by atoms with E-state index in [9.17, 15) is 5.11 Å². The summed E-state index contributed by atoms with van der Waals surface area (Å²) < 4.78 is 0.917. The number of hydrogen-bond acceptors (Lipinski definition) is 6. The first-order valence-corrected chi connectivity index (χ1v) is 6.79. The molecule has 1 atom stereocenters. The Kier molecular flexibility index (Phi) is 3.30. The van der Waals surface area contributed by atoms with Crippen LogP contribution >= 0.6 is 23.1 Å². The van der Waals surface area contributed by atoms with Crippen molar-refractivity contribution in [2.75, 3.05) is 12.3 Å². The van der Waals surface area contributed by atoms with Crippen LogP contribution in [0.5, 0.6) is 0 Å². The molecule has 1 aromatic rings. The largest absolute Gasteiger partial charge is 0.387 e. The summed E-state index contributed by atoms with van der Waals surface area (Å²) in [4.78, 5) is 0. The molecule has 0 saturated heterocycles. The van der Waals surface area contributed by atoms with Crippen LogP contribution in [0.15, 0.2) is 4.34 Å². The maximum atomic E-state index is 10.2. The Morgan fingerprint density at radius 2 is 2.33 bits per heavy atom. The zero-order valence-electron chi connectivity index (χ0n) is 8.64. The van der Waals surface area contributed by atoms with Crippen molar-refractivity contribution >= 4 is 23.1 Å². The smallest absolute Gasteiger partial charge is 0.174 e. The Bertz CT molecular complexity index is 340. The highest BCUT2D eigenvalue weighted by Gasteiger charge is 2.42. The average Bonchev–Trinajstić information content (AvgIpc) is 3.00. The molecule has 3 N–H and O–H groups in total. The van der Waals surface area contributed by atoms with Gasteiger partial charge in [0.2, 0.25) is 0 Å². The van der Waals surface area contributed by atoms with Gasteiger partial charge >= 0.3 is 0 Å². The van der Waals surface area contributed by atoms with Crippen molar-refractivity contribution in [3.05, 3.63) is 5.01 Å². The molecule has 1 heterocycles. The molecule has 1 aliphatic rings. The van der Waals surface area contributed by atoms with Gasteiger partial charge in [-0.3, -0.25) is 0 Å². The van der Waals surface area contributed by atoms with Gasteiger partial charge in [-0.1, -0.05) is 23.1 Å². The summed E-state index contributed by atoms with van der Waals surface area (Å²) in [5.41, 5.74) is 4.92. The van der Waals surface area contributed by atoms with E-state index in [4.69, 9.17) is 5.73 Å². The molecule has 1 fully saturated rings. The number of aryl methyl sites for hydroxylation is 1. The van der Waals surface area contributed by atoms with E-state index >= 15 is 0 Å². The molecule has 0 amide bonds. The van der Waals surface area contributed by atoms with Gasteiger partial charge in [0.1, 0.15) is 5.01 Å². The van der Waals surface area contributed by atoms with Gasteiger partial charge in [0, 0.05) is 12.3 Å². The molecular formula is C9H15N3OS2. The van der Waals surface area contributed by atoms with Crippen LogP contribution in [0.2, 0.25) is 0 Å². The fraction of sp³-hybridized carbons (Fsp3) is 0.778. The molecule has 0 aliphatic heterocycles. The van der Waals surface area contributed by atoms with Gasteiger partial charge in [-0.15, -0.1) is 10.2 Å². The van der Waals surface area contributed by atoms with Crippen molar-refractivity contribution in [3.63, 3.8) is 0 Å². The predicted molar refractivity (Wildman–Crippen MR) is 62.1 cm³/mol. The van der Waals surface area contributed by atoms with Crippen molar-refractivity contribution in [1.82, 2.24) is 10.2 Å². The maximum absolute atomic E-state index is 10.2. The highest BCUT2D eigenvalue weighted by atomic mass is 32.2. The summed E-state index contributed by atoms with van der Waals surface area (Å²) in [6.45, 7) is 2.26. The van der Waals surface area contributed by atoms with E-state index in [2.05, 4.69) is 10.2 Å². The molecule has 1 saturated carbocycles. The molecule has 1 aliphatic carbocycles. The van der Waals surface area contributed by atoms with Crippen LogP contribution in [0.1, 0.15) is 17.8 Å². The SMILES string of the molecule is Cc1nnc(SCC(O)(CN)C2CC2)s1. The lowest BCUT2D eigenvalue weighted by Crippen LogP contribution is -2.42. The van der Waals surface area contributed by atoms with Crippen LogP contribution in [0.3, 0.4) is 0 Å². The van der Waals surface area contributed by atoms with E-state index < -0.39 is 5.60 Å². The van der Waals surface area contributed by atoms with Crippen molar-refractivity contribution in [2.45, 2.75) is 29.7 Å². The van der Waals surface area contributed by atoms with E-state index in [1.165, 1.54) is 0 Å². The van der Waals surface area contributed by atoms with E-state index in [-0.39, 0.29) is 0 Å². The number of nitrogens with two attached hydrogens (primary N) is 1. The number of aromatic nitrogens is 2. The van der Waals surface area contributed by atoms with Gasteiger partial charge in [0.15, 0.2) is 4.34 Å². The quantitative estimate of drug-likeness (QED) is 0.758. The molecule has 0 spiro atoms. The van der Waals surface area contributed by atoms with Gasteiger partial charge in [0.05, 0.1) is 5.60 Å². The highest BCUT2D eigenvalue weighted by Crippen LogP contribution is 2.41. The molecular weight excluding hydrogens is 230 g/mol. The lowest BCUT2D eigenvalue weighted by Gasteiger charge is -2.25. The summed E-state index contributed by atoms with van der Waals surface area (Å²) >= 11 is 3.12. The van der Waals surface area contributed by atoms with E-state index in [0.29, 0.717) is 18.2 Å². The highest BCUT2D eigenvalue weighted by molar-refractivity contribution is 8.01. The molecule has 1 aromatic heterocycles. The fourth-order valence-corrected chi connectivity index (χ4v) is 3.50. The van der Waals surface area contributed by atoms with Gasteiger partial charge < -0.3 is 10.8 Å². The second-order valence-electron chi connectivity index (χ2n) is 3.96. The minimum atomic E-state index is -0.704. The lowest BCUT2D eigenvalue weighted by atomic mass is 10.0. The molecule has 84 valence electrons. The van der Waals surface area contributed by atoms with Crippen LogP contribution in [0, 0.1) is 12.8 Å². The lowest BCUT2D eigenvalue weighted by molar-refractivity contribution is 0.0510.